The van der Waals surface area contributed by atoms with Crippen molar-refractivity contribution >= 4 is 17.3 Å². The summed E-state index contributed by atoms with van der Waals surface area (Å²) >= 11 is 0. The Hall–Kier alpha value is -1.61. The standard InChI is InChI=1S/C10H8O3/c11-5-8-7-3-1-2-4-9(7)13-10(8)6-12/h1-5,12H,6H2. The van der Waals surface area contributed by atoms with Gasteiger partial charge in [0.05, 0.1) is 5.56 Å². The predicted octanol–water partition coefficient (Wildman–Crippen LogP) is 1.74. The van der Waals surface area contributed by atoms with E-state index in [1.54, 1.807) is 12.1 Å². The van der Waals surface area contributed by atoms with Gasteiger partial charge in [0.2, 0.25) is 0 Å². The number of carbonyl (C=O) groups excluding carboxylic acids is 1. The summed E-state index contributed by atoms with van der Waals surface area (Å²) in [6, 6.07) is 7.21. The first-order valence-corrected chi connectivity index (χ1v) is 3.93. The fraction of sp³-hybridized carbons (Fsp3) is 0.100. The van der Waals surface area contributed by atoms with Crippen LogP contribution in [0, 0.1) is 0 Å². The third-order valence-electron chi connectivity index (χ3n) is 1.97. The molecule has 0 unspecified atom stereocenters. The van der Waals surface area contributed by atoms with E-state index in [1.165, 1.54) is 0 Å². The largest absolute Gasteiger partial charge is 0.458 e. The highest BCUT2D eigenvalue weighted by atomic mass is 16.4. The number of aliphatic hydroxyl groups is 1. The zero-order valence-corrected chi connectivity index (χ0v) is 6.86. The van der Waals surface area contributed by atoms with Crippen LogP contribution in [0.5, 0.6) is 0 Å². The molecule has 0 aliphatic carbocycles. The number of rotatable bonds is 2. The van der Waals surface area contributed by atoms with Crippen LogP contribution in [0.25, 0.3) is 11.0 Å². The number of hydrogen-bond donors (Lipinski definition) is 1. The second-order valence-corrected chi connectivity index (χ2v) is 2.71. The van der Waals surface area contributed by atoms with Gasteiger partial charge >= 0.3 is 0 Å². The summed E-state index contributed by atoms with van der Waals surface area (Å²) in [7, 11) is 0. The molecule has 2 rings (SSSR count). The summed E-state index contributed by atoms with van der Waals surface area (Å²) in [4.78, 5) is 10.7. The zero-order valence-electron chi connectivity index (χ0n) is 6.86. The first-order chi connectivity index (χ1) is 6.36. The van der Waals surface area contributed by atoms with Gasteiger partial charge in [-0.25, -0.2) is 0 Å². The van der Waals surface area contributed by atoms with E-state index in [0.717, 1.165) is 5.39 Å². The summed E-state index contributed by atoms with van der Waals surface area (Å²) < 4.78 is 5.26. The molecule has 1 N–H and O–H groups in total. The van der Waals surface area contributed by atoms with Gasteiger partial charge in [-0.2, -0.15) is 0 Å². The van der Waals surface area contributed by atoms with Crippen LogP contribution in [0.15, 0.2) is 28.7 Å². The summed E-state index contributed by atoms with van der Waals surface area (Å²) in [6.45, 7) is -0.247. The number of aldehydes is 1. The van der Waals surface area contributed by atoms with Crippen LogP contribution in [0.4, 0.5) is 0 Å². The van der Waals surface area contributed by atoms with E-state index in [1.807, 2.05) is 12.1 Å². The first-order valence-electron chi connectivity index (χ1n) is 3.93. The van der Waals surface area contributed by atoms with Crippen molar-refractivity contribution in [1.82, 2.24) is 0 Å². The van der Waals surface area contributed by atoms with Gasteiger partial charge in [-0.15, -0.1) is 0 Å². The summed E-state index contributed by atoms with van der Waals surface area (Å²) in [6.07, 6.45) is 0.706. The highest BCUT2D eigenvalue weighted by molar-refractivity contribution is 5.97. The molecule has 0 aliphatic heterocycles. The molecule has 0 bridgehead atoms. The first kappa shape index (κ1) is 8.01. The molecule has 2 aromatic rings. The maximum Gasteiger partial charge on any atom is 0.154 e. The van der Waals surface area contributed by atoms with Crippen molar-refractivity contribution < 1.29 is 14.3 Å². The second-order valence-electron chi connectivity index (χ2n) is 2.71. The van der Waals surface area contributed by atoms with Gasteiger partial charge in [-0.1, -0.05) is 18.2 Å². The quantitative estimate of drug-likeness (QED) is 0.709. The summed E-state index contributed by atoms with van der Waals surface area (Å²) in [5.74, 6) is 0.330. The number of aliphatic hydroxyl groups excluding tert-OH is 1. The lowest BCUT2D eigenvalue weighted by molar-refractivity contribution is 0.111. The molecule has 0 atom stereocenters. The van der Waals surface area contributed by atoms with Crippen molar-refractivity contribution in [2.24, 2.45) is 0 Å². The normalized spacial score (nSPS) is 10.5. The molecule has 3 nitrogen and oxygen atoms in total. The molecule has 66 valence electrons. The van der Waals surface area contributed by atoms with Gasteiger partial charge in [0.1, 0.15) is 18.0 Å². The van der Waals surface area contributed by atoms with Crippen molar-refractivity contribution in [2.75, 3.05) is 0 Å². The van der Waals surface area contributed by atoms with Crippen LogP contribution in [-0.4, -0.2) is 11.4 Å². The minimum atomic E-state index is -0.247. The van der Waals surface area contributed by atoms with Gasteiger partial charge in [-0.3, -0.25) is 4.79 Å². The molecule has 1 aromatic heterocycles. The van der Waals surface area contributed by atoms with E-state index in [9.17, 15) is 4.79 Å². The molecule has 0 radical (unpaired) electrons. The Balaban J connectivity index is 2.81. The summed E-state index contributed by atoms with van der Waals surface area (Å²) in [5.41, 5.74) is 1.08. The minimum Gasteiger partial charge on any atom is -0.458 e. The molecule has 1 heterocycles. The number of hydrogen-bond acceptors (Lipinski definition) is 3. The van der Waals surface area contributed by atoms with Crippen LogP contribution >= 0.6 is 0 Å². The SMILES string of the molecule is O=Cc1c(CO)oc2ccccc12. The van der Waals surface area contributed by atoms with E-state index >= 15 is 0 Å². The van der Waals surface area contributed by atoms with Crippen molar-refractivity contribution in [1.29, 1.82) is 0 Å². The Morgan fingerprint density at radius 1 is 1.38 bits per heavy atom. The minimum absolute atomic E-state index is 0.247. The van der Waals surface area contributed by atoms with E-state index in [0.29, 0.717) is 23.2 Å². The zero-order chi connectivity index (χ0) is 9.26. The van der Waals surface area contributed by atoms with Crippen molar-refractivity contribution in [3.05, 3.63) is 35.6 Å². The van der Waals surface area contributed by atoms with Crippen molar-refractivity contribution in [3.8, 4) is 0 Å². The number of carbonyl (C=O) groups is 1. The van der Waals surface area contributed by atoms with E-state index in [-0.39, 0.29) is 6.61 Å². The molecule has 0 saturated carbocycles. The number of benzene rings is 1. The second kappa shape index (κ2) is 3.03. The van der Waals surface area contributed by atoms with Gasteiger partial charge in [-0.05, 0) is 6.07 Å². The topological polar surface area (TPSA) is 50.4 Å². The lowest BCUT2D eigenvalue weighted by Gasteiger charge is -1.87. The van der Waals surface area contributed by atoms with Crippen molar-refractivity contribution in [2.45, 2.75) is 6.61 Å². The number of para-hydroxylation sites is 1. The number of furan rings is 1. The Bertz CT molecular complexity index is 442. The highest BCUT2D eigenvalue weighted by Gasteiger charge is 2.11. The van der Waals surface area contributed by atoms with Gasteiger partial charge in [0.15, 0.2) is 6.29 Å². The van der Waals surface area contributed by atoms with Crippen LogP contribution in [0.2, 0.25) is 0 Å². The molecule has 0 aliphatic rings. The smallest absolute Gasteiger partial charge is 0.154 e. The predicted molar refractivity (Wildman–Crippen MR) is 47.5 cm³/mol. The summed E-state index contributed by atoms with van der Waals surface area (Å²) in [5, 5.41) is 9.65. The van der Waals surface area contributed by atoms with E-state index in [2.05, 4.69) is 0 Å². The van der Waals surface area contributed by atoms with Crippen LogP contribution in [0.1, 0.15) is 16.1 Å². The van der Waals surface area contributed by atoms with Gasteiger partial charge < -0.3 is 9.52 Å². The van der Waals surface area contributed by atoms with Crippen molar-refractivity contribution in [3.63, 3.8) is 0 Å². The Morgan fingerprint density at radius 2 is 2.15 bits per heavy atom. The monoisotopic (exact) mass is 176 g/mol. The van der Waals surface area contributed by atoms with E-state index in [4.69, 9.17) is 9.52 Å². The molecule has 0 spiro atoms. The molecule has 0 saturated heterocycles. The molecular formula is C10H8O3. The lowest BCUT2D eigenvalue weighted by Crippen LogP contribution is -1.85. The van der Waals surface area contributed by atoms with Gasteiger partial charge in [0.25, 0.3) is 0 Å². The van der Waals surface area contributed by atoms with Gasteiger partial charge in [0, 0.05) is 5.39 Å². The third-order valence-corrected chi connectivity index (χ3v) is 1.97. The third kappa shape index (κ3) is 1.13. The maximum atomic E-state index is 10.7. The molecule has 0 fully saturated rings. The Kier molecular flexibility index (Phi) is 1.87. The van der Waals surface area contributed by atoms with Crippen LogP contribution in [-0.2, 0) is 6.61 Å². The molecule has 0 amide bonds. The Morgan fingerprint density at radius 3 is 2.85 bits per heavy atom. The molecule has 1 aromatic carbocycles. The average molecular weight is 176 g/mol. The van der Waals surface area contributed by atoms with Crippen LogP contribution < -0.4 is 0 Å². The highest BCUT2D eigenvalue weighted by Crippen LogP contribution is 2.23. The molecule has 13 heavy (non-hydrogen) atoms. The fourth-order valence-corrected chi connectivity index (χ4v) is 1.36. The molecule has 3 heteroatoms. The lowest BCUT2D eigenvalue weighted by atomic mass is 10.1. The number of fused-ring (bicyclic) bond motifs is 1. The van der Waals surface area contributed by atoms with Crippen LogP contribution in [0.3, 0.4) is 0 Å². The fourth-order valence-electron chi connectivity index (χ4n) is 1.36. The Labute approximate surface area is 74.6 Å². The average Bonchev–Trinajstić information content (AvgIpc) is 2.55. The maximum absolute atomic E-state index is 10.7. The van der Waals surface area contributed by atoms with E-state index < -0.39 is 0 Å². The molecular weight excluding hydrogens is 168 g/mol.